The van der Waals surface area contributed by atoms with Crippen LogP contribution in [0.1, 0.15) is 51.7 Å². The standard InChI is InChI=1S/C28H35N3O5Si/c1-7-28(36-21(32)14-29)18-13-19-23(31-15-17-11-9-8-10-16(17)12-20(31)30-19)24(33)22(18)25(35-26(28)34)37(5,6)27(2,3)4/h8-12,25,30H,7,13-15,29H2,1-6H3. The Bertz CT molecular complexity index is 1320. The molecular formula is C28H35N3O5Si. The van der Waals surface area contributed by atoms with Crippen molar-refractivity contribution in [1.29, 1.82) is 0 Å². The number of cyclic esters (lactones) is 1. The first-order valence-corrected chi connectivity index (χ1v) is 15.9. The number of carbonyl (C=O) groups excluding carboxylic acids is 3. The van der Waals surface area contributed by atoms with Gasteiger partial charge in [-0.25, -0.2) is 4.79 Å². The molecule has 5 rings (SSSR count). The first kappa shape index (κ1) is 25.5. The Morgan fingerprint density at radius 2 is 1.97 bits per heavy atom. The van der Waals surface area contributed by atoms with Crippen molar-refractivity contribution in [3.05, 3.63) is 63.8 Å². The van der Waals surface area contributed by atoms with E-state index in [2.05, 4.69) is 51.3 Å². The minimum atomic E-state index is -2.43. The maximum atomic E-state index is 14.5. The van der Waals surface area contributed by atoms with Crippen LogP contribution in [0.5, 0.6) is 0 Å². The zero-order valence-corrected chi connectivity index (χ0v) is 23.4. The van der Waals surface area contributed by atoms with Crippen molar-refractivity contribution < 1.29 is 23.9 Å². The number of ketones is 1. The van der Waals surface area contributed by atoms with Crippen molar-refractivity contribution >= 4 is 31.9 Å². The van der Waals surface area contributed by atoms with E-state index in [1.165, 1.54) is 0 Å². The van der Waals surface area contributed by atoms with Crippen molar-refractivity contribution in [2.75, 3.05) is 6.54 Å². The van der Waals surface area contributed by atoms with Crippen LogP contribution >= 0.6 is 0 Å². The van der Waals surface area contributed by atoms with Gasteiger partial charge >= 0.3 is 11.9 Å². The molecule has 0 radical (unpaired) electrons. The number of rotatable bonds is 4. The number of hydrogen-bond acceptors (Lipinski definition) is 8. The maximum Gasteiger partial charge on any atom is 0.355 e. The fourth-order valence-electron chi connectivity index (χ4n) is 5.60. The van der Waals surface area contributed by atoms with Gasteiger partial charge < -0.3 is 25.4 Å². The molecule has 4 aliphatic rings. The zero-order chi connectivity index (χ0) is 26.9. The van der Waals surface area contributed by atoms with Crippen LogP contribution < -0.4 is 11.1 Å². The van der Waals surface area contributed by atoms with Crippen molar-refractivity contribution in [3.63, 3.8) is 0 Å². The van der Waals surface area contributed by atoms with Crippen molar-refractivity contribution in [1.82, 2.24) is 10.2 Å². The second-order valence-electron chi connectivity index (χ2n) is 11.8. The summed E-state index contributed by atoms with van der Waals surface area (Å²) >= 11 is 0. The third kappa shape index (κ3) is 3.62. The molecular weight excluding hydrogens is 486 g/mol. The monoisotopic (exact) mass is 521 g/mol. The predicted molar refractivity (Wildman–Crippen MR) is 142 cm³/mol. The Morgan fingerprint density at radius 1 is 1.27 bits per heavy atom. The van der Waals surface area contributed by atoms with Crippen molar-refractivity contribution in [2.24, 2.45) is 5.73 Å². The number of nitrogens with one attached hydrogen (secondary N) is 1. The quantitative estimate of drug-likeness (QED) is 0.458. The molecule has 37 heavy (non-hydrogen) atoms. The Balaban J connectivity index is 1.67. The largest absolute Gasteiger partial charge is 0.458 e. The van der Waals surface area contributed by atoms with E-state index < -0.39 is 31.3 Å². The van der Waals surface area contributed by atoms with Gasteiger partial charge in [0, 0.05) is 23.3 Å². The van der Waals surface area contributed by atoms with E-state index in [0.29, 0.717) is 29.1 Å². The van der Waals surface area contributed by atoms with Gasteiger partial charge in [-0.3, -0.25) is 9.59 Å². The average molecular weight is 522 g/mol. The number of Topliss-reactive ketones (excluding diaryl/α,β-unsaturated/α-hetero) is 1. The molecule has 0 amide bonds. The number of carbonyl (C=O) groups is 3. The van der Waals surface area contributed by atoms with Gasteiger partial charge in [0.25, 0.3) is 0 Å². The lowest BCUT2D eigenvalue weighted by Crippen LogP contribution is -2.62. The molecule has 0 saturated carbocycles. The number of allylic oxidation sites excluding steroid dienone is 2. The van der Waals surface area contributed by atoms with Gasteiger partial charge in [0.15, 0.2) is 0 Å². The number of ether oxygens (including phenoxy) is 2. The minimum Gasteiger partial charge on any atom is -0.458 e. The Labute approximate surface area is 218 Å². The summed E-state index contributed by atoms with van der Waals surface area (Å²) in [5.41, 5.74) is 7.74. The molecule has 196 valence electrons. The molecule has 3 aliphatic heterocycles. The summed E-state index contributed by atoms with van der Waals surface area (Å²) in [7, 11) is -2.43. The van der Waals surface area contributed by atoms with E-state index >= 15 is 0 Å². The Hall–Kier alpha value is -3.17. The molecule has 1 aromatic carbocycles. The van der Waals surface area contributed by atoms with Crippen LogP contribution in [-0.2, 0) is 30.4 Å². The number of nitrogens with zero attached hydrogens (tertiary/aromatic N) is 1. The highest BCUT2D eigenvalue weighted by Gasteiger charge is 2.61. The first-order chi connectivity index (χ1) is 17.4. The zero-order valence-electron chi connectivity index (χ0n) is 22.4. The molecule has 8 nitrogen and oxygen atoms in total. The van der Waals surface area contributed by atoms with Crippen LogP contribution in [0.4, 0.5) is 0 Å². The van der Waals surface area contributed by atoms with Gasteiger partial charge in [0.2, 0.25) is 11.4 Å². The summed E-state index contributed by atoms with van der Waals surface area (Å²) in [6.45, 7) is 12.6. The lowest BCUT2D eigenvalue weighted by Gasteiger charge is -2.49. The summed E-state index contributed by atoms with van der Waals surface area (Å²) in [4.78, 5) is 42.7. The predicted octanol–water partition coefficient (Wildman–Crippen LogP) is 3.51. The molecule has 1 aliphatic carbocycles. The fraction of sp³-hybridized carbons (Fsp3) is 0.464. The smallest absolute Gasteiger partial charge is 0.355 e. The van der Waals surface area contributed by atoms with E-state index in [1.807, 2.05) is 23.1 Å². The lowest BCUT2D eigenvalue weighted by atomic mass is 9.77. The molecule has 0 spiro atoms. The number of hydrogen-bond donors (Lipinski definition) is 2. The summed E-state index contributed by atoms with van der Waals surface area (Å²) in [5, 5.41) is 3.26. The van der Waals surface area contributed by atoms with Crippen molar-refractivity contribution in [3.8, 4) is 0 Å². The van der Waals surface area contributed by atoms with Gasteiger partial charge in [0.1, 0.15) is 25.3 Å². The summed E-state index contributed by atoms with van der Waals surface area (Å²) in [6.07, 6.45) is 2.47. The minimum absolute atomic E-state index is 0.147. The van der Waals surface area contributed by atoms with Crippen LogP contribution in [0.25, 0.3) is 6.08 Å². The molecule has 2 atom stereocenters. The van der Waals surface area contributed by atoms with Crippen LogP contribution in [0.2, 0.25) is 18.1 Å². The van der Waals surface area contributed by atoms with E-state index in [-0.39, 0.29) is 30.2 Å². The van der Waals surface area contributed by atoms with Gasteiger partial charge in [-0.2, -0.15) is 0 Å². The number of esters is 2. The van der Waals surface area contributed by atoms with Gasteiger partial charge in [-0.05, 0) is 28.7 Å². The fourth-order valence-corrected chi connectivity index (χ4v) is 7.81. The summed E-state index contributed by atoms with van der Waals surface area (Å²) < 4.78 is 11.9. The Kier molecular flexibility index (Phi) is 5.80. The first-order valence-electron chi connectivity index (χ1n) is 12.8. The second kappa shape index (κ2) is 8.42. The highest BCUT2D eigenvalue weighted by Crippen LogP contribution is 2.51. The summed E-state index contributed by atoms with van der Waals surface area (Å²) in [6, 6.07) is 8.11. The normalized spacial score (nSPS) is 25.0. The van der Waals surface area contributed by atoms with Crippen LogP contribution in [0.3, 0.4) is 0 Å². The third-order valence-electron chi connectivity index (χ3n) is 8.79. The van der Waals surface area contributed by atoms with Gasteiger partial charge in [-0.15, -0.1) is 0 Å². The van der Waals surface area contributed by atoms with E-state index in [9.17, 15) is 14.4 Å². The highest BCUT2D eigenvalue weighted by molar-refractivity contribution is 6.82. The molecule has 0 saturated heterocycles. The summed E-state index contributed by atoms with van der Waals surface area (Å²) in [5.74, 6) is -0.673. The van der Waals surface area contributed by atoms with Crippen LogP contribution in [-0.4, -0.2) is 48.6 Å². The number of fused-ring (bicyclic) bond motifs is 3. The Morgan fingerprint density at radius 3 is 2.62 bits per heavy atom. The molecule has 3 heterocycles. The van der Waals surface area contributed by atoms with Crippen LogP contribution in [0, 0.1) is 0 Å². The molecule has 9 heteroatoms. The van der Waals surface area contributed by atoms with E-state index in [0.717, 1.165) is 16.9 Å². The van der Waals surface area contributed by atoms with E-state index in [1.54, 1.807) is 6.92 Å². The maximum absolute atomic E-state index is 14.5. The van der Waals surface area contributed by atoms with Gasteiger partial charge in [0.05, 0.1) is 13.1 Å². The molecule has 0 bridgehead atoms. The lowest BCUT2D eigenvalue weighted by molar-refractivity contribution is -0.181. The number of benzene rings is 1. The topological polar surface area (TPSA) is 111 Å². The van der Waals surface area contributed by atoms with Crippen molar-refractivity contribution in [2.45, 2.75) is 76.5 Å². The second-order valence-corrected chi connectivity index (χ2v) is 17.2. The molecule has 0 fully saturated rings. The molecule has 2 unspecified atom stereocenters. The third-order valence-corrected chi connectivity index (χ3v) is 14.4. The van der Waals surface area contributed by atoms with E-state index in [4.69, 9.17) is 15.2 Å². The average Bonchev–Trinajstić information content (AvgIpc) is 3.20. The van der Waals surface area contributed by atoms with Gasteiger partial charge in [-0.1, -0.05) is 65.1 Å². The number of nitrogens with two attached hydrogens (primary N) is 1. The molecule has 1 aromatic rings. The molecule has 3 N–H and O–H groups in total. The van der Waals surface area contributed by atoms with Crippen LogP contribution in [0.15, 0.2) is 52.6 Å². The highest BCUT2D eigenvalue weighted by atomic mass is 28.3. The molecule has 0 aromatic heterocycles. The SMILES string of the molecule is CCC1(OC(=O)CN)C(=O)OC([Si](C)(C)C(C)(C)C)C2=C1CC1=C(C2=O)N2Cc3ccccc3C=C2N1.